The number of rotatable bonds is 8. The first-order valence-corrected chi connectivity index (χ1v) is 24.4. The summed E-state index contributed by atoms with van der Waals surface area (Å²) in [5.74, 6) is 0. The van der Waals surface area contributed by atoms with Crippen molar-refractivity contribution in [2.24, 2.45) is 0 Å². The van der Waals surface area contributed by atoms with Crippen LogP contribution in [-0.2, 0) is 22.9 Å². The first-order chi connectivity index (χ1) is 22.3. The molecular formula is C42H44Cl2HfP2. The van der Waals surface area contributed by atoms with Crippen LogP contribution in [0.25, 0.3) is 12.2 Å². The van der Waals surface area contributed by atoms with Gasteiger partial charge in [0.2, 0.25) is 0 Å². The summed E-state index contributed by atoms with van der Waals surface area (Å²) in [6.07, 6.45) is 20.1. The van der Waals surface area contributed by atoms with E-state index < -0.39 is 30.8 Å². The van der Waals surface area contributed by atoms with Gasteiger partial charge in [0.15, 0.2) is 0 Å². The molecule has 0 heterocycles. The number of halogens is 2. The molecule has 4 aliphatic rings. The second-order valence-electron chi connectivity index (χ2n) is 13.4. The average Bonchev–Trinajstić information content (AvgIpc) is 3.65. The summed E-state index contributed by atoms with van der Waals surface area (Å²) in [7, 11) is -0.676. The molecule has 2 saturated carbocycles. The Bertz CT molecular complexity index is 1620. The maximum absolute atomic E-state index is 2.78. The minimum atomic E-state index is -1.34. The second-order valence-corrected chi connectivity index (χ2v) is 23.8. The molecule has 4 aromatic rings. The third-order valence-corrected chi connectivity index (χ3v) is 25.4. The van der Waals surface area contributed by atoms with Crippen molar-refractivity contribution in [2.45, 2.75) is 82.9 Å². The minimum absolute atomic E-state index is 0. The Morgan fingerprint density at radius 1 is 0.447 bits per heavy atom. The molecule has 0 aliphatic heterocycles. The van der Waals surface area contributed by atoms with Crippen LogP contribution in [0.2, 0.25) is 0 Å². The van der Waals surface area contributed by atoms with Crippen molar-refractivity contribution in [3.63, 3.8) is 0 Å². The number of hydrogen-bond acceptors (Lipinski definition) is 0. The van der Waals surface area contributed by atoms with E-state index in [9.17, 15) is 0 Å². The fourth-order valence-corrected chi connectivity index (χ4v) is 25.5. The summed E-state index contributed by atoms with van der Waals surface area (Å²) < 4.78 is 1.35. The first-order valence-electron chi connectivity index (χ1n) is 17.4. The molecule has 0 spiro atoms. The van der Waals surface area contributed by atoms with Crippen molar-refractivity contribution < 1.29 is 47.7 Å². The standard InChI is InChI=1S/C21H28P.C21H16P.2ClH.Hf/c2*1-3-11-19(12-4-1)22(20-13-5-2-6-14-20)21-15-17-9-7-8-10-18(17)16-21;;;/h7-10,15-16,19-20H,1-6,11-14H2;1-16H;2*1H;/q;;;;+2/p-2. The van der Waals surface area contributed by atoms with E-state index >= 15 is 0 Å². The normalized spacial score (nSPS) is 20.8. The van der Waals surface area contributed by atoms with Gasteiger partial charge < -0.3 is 24.8 Å². The molecule has 240 valence electrons. The molecule has 0 N–H and O–H groups in total. The molecule has 0 saturated heterocycles. The van der Waals surface area contributed by atoms with E-state index in [1.54, 1.807) is 22.0 Å². The smallest absolute Gasteiger partial charge is 1.00 e. The van der Waals surface area contributed by atoms with Crippen LogP contribution >= 0.6 is 15.8 Å². The molecule has 0 nitrogen and oxygen atoms in total. The first kappa shape index (κ1) is 35.5. The second kappa shape index (κ2) is 16.6. The zero-order valence-electron chi connectivity index (χ0n) is 27.1. The molecule has 4 aromatic carbocycles. The molecule has 0 aromatic heterocycles. The number of benzene rings is 4. The van der Waals surface area contributed by atoms with E-state index in [1.807, 2.05) is 5.31 Å². The van der Waals surface area contributed by atoms with Gasteiger partial charge in [0.25, 0.3) is 0 Å². The van der Waals surface area contributed by atoms with Crippen molar-refractivity contribution in [1.29, 1.82) is 0 Å². The van der Waals surface area contributed by atoms with Crippen molar-refractivity contribution in [3.8, 4) is 0 Å². The van der Waals surface area contributed by atoms with Crippen LogP contribution in [0.3, 0.4) is 0 Å². The molecule has 8 rings (SSSR count). The predicted molar refractivity (Wildman–Crippen MR) is 194 cm³/mol. The number of hydrogen-bond donors (Lipinski definition) is 0. The quantitative estimate of drug-likeness (QED) is 0.161. The van der Waals surface area contributed by atoms with Gasteiger partial charge in [-0.2, -0.15) is 0 Å². The minimum Gasteiger partial charge on any atom is -1.00 e. The number of fused-ring (bicyclic) bond motifs is 2. The van der Waals surface area contributed by atoms with Crippen LogP contribution in [0.5, 0.6) is 0 Å². The Kier molecular flexibility index (Phi) is 12.5. The third-order valence-electron chi connectivity index (χ3n) is 10.7. The van der Waals surface area contributed by atoms with Gasteiger partial charge in [-0.15, -0.1) is 0 Å². The van der Waals surface area contributed by atoms with Crippen LogP contribution in [-0.4, -0.2) is 11.3 Å². The molecular weight excluding hydrogens is 816 g/mol. The fraction of sp³-hybridized carbons (Fsp3) is 0.333. The largest absolute Gasteiger partial charge is 1.00 e. The van der Waals surface area contributed by atoms with Crippen molar-refractivity contribution in [3.05, 3.63) is 142 Å². The summed E-state index contributed by atoms with van der Waals surface area (Å²) in [6, 6.07) is 42.1. The molecule has 2 unspecified atom stereocenters. The monoisotopic (exact) mass is 860 g/mol. The van der Waals surface area contributed by atoms with Crippen LogP contribution in [0.1, 0.15) is 93.8 Å². The Morgan fingerprint density at radius 2 is 0.851 bits per heavy atom. The summed E-state index contributed by atoms with van der Waals surface area (Å²) in [5, 5.41) is 6.69. The Balaban J connectivity index is 0.00000193. The van der Waals surface area contributed by atoms with Gasteiger partial charge >= 0.3 is 286 Å². The molecule has 2 atom stereocenters. The molecule has 0 radical (unpaired) electrons. The SMILES string of the molecule is C1=C(P(c2ccccc2)c2ccccc2)[CH]([Hf+2][CH]2C(P(C3CCCCC3)C3CCCCC3)=Cc3ccccc32)c2ccccc21.[Cl-].[Cl-]. The van der Waals surface area contributed by atoms with Crippen molar-refractivity contribution in [1.82, 2.24) is 0 Å². The Hall–Kier alpha value is -1.33. The van der Waals surface area contributed by atoms with E-state index in [2.05, 4.69) is 121 Å². The summed E-state index contributed by atoms with van der Waals surface area (Å²) in [4.78, 5) is 0. The van der Waals surface area contributed by atoms with E-state index in [4.69, 9.17) is 0 Å². The van der Waals surface area contributed by atoms with Crippen molar-refractivity contribution in [2.75, 3.05) is 0 Å². The molecule has 5 heteroatoms. The summed E-state index contributed by atoms with van der Waals surface area (Å²) in [6.45, 7) is 0. The van der Waals surface area contributed by atoms with Gasteiger partial charge in [0, 0.05) is 0 Å². The topological polar surface area (TPSA) is 0 Å². The Morgan fingerprint density at radius 3 is 1.34 bits per heavy atom. The zero-order chi connectivity index (χ0) is 30.0. The van der Waals surface area contributed by atoms with Crippen LogP contribution in [0.15, 0.2) is 120 Å². The zero-order valence-corrected chi connectivity index (χ0v) is 34.0. The predicted octanol–water partition coefficient (Wildman–Crippen LogP) is 5.55. The Labute approximate surface area is 309 Å². The summed E-state index contributed by atoms with van der Waals surface area (Å²) in [5.41, 5.74) is 8.30. The average molecular weight is 860 g/mol. The van der Waals surface area contributed by atoms with Gasteiger partial charge in [-0.3, -0.25) is 0 Å². The third kappa shape index (κ3) is 7.42. The van der Waals surface area contributed by atoms with Gasteiger partial charge in [-0.1, -0.05) is 0 Å². The van der Waals surface area contributed by atoms with Crippen LogP contribution in [0.4, 0.5) is 0 Å². The number of allylic oxidation sites excluding steroid dienone is 2. The molecule has 2 fully saturated rings. The van der Waals surface area contributed by atoms with Crippen LogP contribution < -0.4 is 35.4 Å². The van der Waals surface area contributed by atoms with Gasteiger partial charge in [0.1, 0.15) is 0 Å². The van der Waals surface area contributed by atoms with E-state index in [1.165, 1.54) is 80.4 Å². The van der Waals surface area contributed by atoms with E-state index in [0.29, 0.717) is 3.67 Å². The summed E-state index contributed by atoms with van der Waals surface area (Å²) >= 11 is -1.34. The van der Waals surface area contributed by atoms with E-state index in [-0.39, 0.29) is 32.7 Å². The fourth-order valence-electron chi connectivity index (χ4n) is 8.59. The molecule has 47 heavy (non-hydrogen) atoms. The molecule has 0 amide bonds. The molecule has 0 bridgehead atoms. The maximum atomic E-state index is 2.78. The molecule has 4 aliphatic carbocycles. The van der Waals surface area contributed by atoms with Gasteiger partial charge in [-0.05, 0) is 0 Å². The maximum Gasteiger partial charge on any atom is -1.00 e. The van der Waals surface area contributed by atoms with Crippen LogP contribution in [0, 0.1) is 0 Å². The van der Waals surface area contributed by atoms with E-state index in [0.717, 1.165) is 15.0 Å². The van der Waals surface area contributed by atoms with Gasteiger partial charge in [0.05, 0.1) is 0 Å². The van der Waals surface area contributed by atoms with Gasteiger partial charge in [-0.25, -0.2) is 0 Å². The van der Waals surface area contributed by atoms with Crippen molar-refractivity contribution >= 4 is 38.6 Å².